The largest absolute Gasteiger partial charge is 0.495 e. The lowest BCUT2D eigenvalue weighted by Gasteiger charge is -2.33. The van der Waals surface area contributed by atoms with Gasteiger partial charge in [-0.3, -0.25) is 13.9 Å². The molecule has 0 saturated heterocycles. The van der Waals surface area contributed by atoms with Crippen molar-refractivity contribution in [3.05, 3.63) is 59.1 Å². The minimum Gasteiger partial charge on any atom is -0.495 e. The fourth-order valence-corrected chi connectivity index (χ4v) is 4.66. The van der Waals surface area contributed by atoms with E-state index in [4.69, 9.17) is 16.3 Å². The van der Waals surface area contributed by atoms with Crippen molar-refractivity contribution in [3.63, 3.8) is 0 Å². The van der Waals surface area contributed by atoms with Crippen molar-refractivity contribution < 1.29 is 22.7 Å². The normalized spacial score (nSPS) is 13.0. The Morgan fingerprint density at radius 3 is 2.26 bits per heavy atom. The quantitative estimate of drug-likeness (QED) is 0.456. The highest BCUT2D eigenvalue weighted by molar-refractivity contribution is 7.92. The standard InChI is InChI=1S/C25H34ClN3O5S/c1-6-18(3)27-25(31)22(7-2)28(16-19-11-9-8-10-12-19)24(30)17-29(35(5,32)33)20-13-14-23(34-4)21(26)15-20/h8-15,18,22H,6-7,16-17H2,1-5H3,(H,27,31). The average Bonchev–Trinajstić information content (AvgIpc) is 2.82. The Balaban J connectivity index is 2.44. The highest BCUT2D eigenvalue weighted by atomic mass is 35.5. The molecule has 2 aromatic rings. The minimum atomic E-state index is -3.85. The van der Waals surface area contributed by atoms with Gasteiger partial charge in [0.05, 0.1) is 24.1 Å². The summed E-state index contributed by atoms with van der Waals surface area (Å²) in [6, 6.07) is 12.9. The van der Waals surface area contributed by atoms with Gasteiger partial charge in [-0.15, -0.1) is 0 Å². The van der Waals surface area contributed by atoms with Crippen LogP contribution in [0.3, 0.4) is 0 Å². The molecule has 0 fully saturated rings. The van der Waals surface area contributed by atoms with Gasteiger partial charge in [0.2, 0.25) is 21.8 Å². The Morgan fingerprint density at radius 1 is 1.09 bits per heavy atom. The molecule has 0 radical (unpaired) electrons. The highest BCUT2D eigenvalue weighted by Gasteiger charge is 2.32. The molecule has 0 saturated carbocycles. The van der Waals surface area contributed by atoms with E-state index in [9.17, 15) is 18.0 Å². The number of benzene rings is 2. The van der Waals surface area contributed by atoms with Crippen LogP contribution < -0.4 is 14.4 Å². The van der Waals surface area contributed by atoms with Gasteiger partial charge < -0.3 is 15.0 Å². The number of hydrogen-bond acceptors (Lipinski definition) is 5. The van der Waals surface area contributed by atoms with Crippen molar-refractivity contribution in [2.75, 3.05) is 24.2 Å². The van der Waals surface area contributed by atoms with Gasteiger partial charge >= 0.3 is 0 Å². The lowest BCUT2D eigenvalue weighted by atomic mass is 10.1. The van der Waals surface area contributed by atoms with Crippen LogP contribution in [0, 0.1) is 0 Å². The van der Waals surface area contributed by atoms with Crippen molar-refractivity contribution in [2.24, 2.45) is 0 Å². The summed E-state index contributed by atoms with van der Waals surface area (Å²) >= 11 is 6.21. The van der Waals surface area contributed by atoms with Gasteiger partial charge in [-0.05, 0) is 43.5 Å². The molecular formula is C25H34ClN3O5S. The number of hydrogen-bond donors (Lipinski definition) is 1. The van der Waals surface area contributed by atoms with E-state index in [0.717, 1.165) is 22.5 Å². The van der Waals surface area contributed by atoms with E-state index in [0.29, 0.717) is 12.2 Å². The van der Waals surface area contributed by atoms with E-state index in [1.54, 1.807) is 0 Å². The Hall–Kier alpha value is -2.78. The predicted molar refractivity (Wildman–Crippen MR) is 139 cm³/mol. The zero-order chi connectivity index (χ0) is 26.2. The Kier molecular flexibility index (Phi) is 10.4. The van der Waals surface area contributed by atoms with Crippen LogP contribution in [-0.4, -0.2) is 57.1 Å². The zero-order valence-corrected chi connectivity index (χ0v) is 22.4. The van der Waals surface area contributed by atoms with Gasteiger partial charge in [-0.25, -0.2) is 8.42 Å². The highest BCUT2D eigenvalue weighted by Crippen LogP contribution is 2.30. The fraction of sp³-hybridized carbons (Fsp3) is 0.440. The molecule has 0 aromatic heterocycles. The van der Waals surface area contributed by atoms with Gasteiger partial charge in [0.15, 0.2) is 0 Å². The van der Waals surface area contributed by atoms with E-state index >= 15 is 0 Å². The first-order chi connectivity index (χ1) is 16.5. The van der Waals surface area contributed by atoms with E-state index < -0.39 is 28.5 Å². The zero-order valence-electron chi connectivity index (χ0n) is 20.8. The van der Waals surface area contributed by atoms with E-state index in [1.165, 1.54) is 30.2 Å². The third-order valence-corrected chi connectivity index (χ3v) is 7.12. The summed E-state index contributed by atoms with van der Waals surface area (Å²) in [6.07, 6.45) is 2.13. The van der Waals surface area contributed by atoms with Crippen molar-refractivity contribution >= 4 is 39.1 Å². The van der Waals surface area contributed by atoms with Crippen LogP contribution in [0.25, 0.3) is 0 Å². The first-order valence-electron chi connectivity index (χ1n) is 11.5. The maximum atomic E-state index is 13.6. The first-order valence-corrected chi connectivity index (χ1v) is 13.7. The van der Waals surface area contributed by atoms with E-state index in [2.05, 4.69) is 5.32 Å². The average molecular weight is 524 g/mol. The van der Waals surface area contributed by atoms with Crippen LogP contribution in [0.4, 0.5) is 5.69 Å². The molecule has 0 heterocycles. The molecule has 8 nitrogen and oxygen atoms in total. The van der Waals surface area contributed by atoms with Crippen LogP contribution in [0.5, 0.6) is 5.75 Å². The number of nitrogens with zero attached hydrogens (tertiary/aromatic N) is 2. The predicted octanol–water partition coefficient (Wildman–Crippen LogP) is 3.84. The summed E-state index contributed by atoms with van der Waals surface area (Å²) in [5.41, 5.74) is 1.05. The third kappa shape index (κ3) is 7.86. The second-order valence-electron chi connectivity index (χ2n) is 8.34. The molecule has 0 aliphatic carbocycles. The van der Waals surface area contributed by atoms with E-state index in [1.807, 2.05) is 51.1 Å². The second-order valence-corrected chi connectivity index (χ2v) is 10.7. The SMILES string of the molecule is CCC(C)NC(=O)C(CC)N(Cc1ccccc1)C(=O)CN(c1ccc(OC)c(Cl)c1)S(C)(=O)=O. The molecule has 2 rings (SSSR count). The maximum Gasteiger partial charge on any atom is 0.244 e. The van der Waals surface area contributed by atoms with Crippen LogP contribution in [0.15, 0.2) is 48.5 Å². The lowest BCUT2D eigenvalue weighted by molar-refractivity contribution is -0.140. The molecular weight excluding hydrogens is 490 g/mol. The molecule has 2 amide bonds. The molecule has 0 aliphatic rings. The Bertz CT molecular complexity index is 1110. The number of sulfonamides is 1. The van der Waals surface area contributed by atoms with Gasteiger partial charge in [-0.1, -0.05) is 55.8 Å². The number of ether oxygens (including phenoxy) is 1. The van der Waals surface area contributed by atoms with Crippen molar-refractivity contribution in [2.45, 2.75) is 52.2 Å². The summed E-state index contributed by atoms with van der Waals surface area (Å²) in [4.78, 5) is 28.1. The minimum absolute atomic E-state index is 0.0563. The number of methoxy groups -OCH3 is 1. The molecule has 2 unspecified atom stereocenters. The second kappa shape index (κ2) is 12.8. The molecule has 192 valence electrons. The molecule has 0 spiro atoms. The molecule has 0 bridgehead atoms. The number of nitrogens with one attached hydrogen (secondary N) is 1. The van der Waals surface area contributed by atoms with Gasteiger partial charge in [0.25, 0.3) is 0 Å². The Morgan fingerprint density at radius 2 is 1.74 bits per heavy atom. The van der Waals surface area contributed by atoms with Crippen molar-refractivity contribution in [1.29, 1.82) is 0 Å². The number of rotatable bonds is 12. The van der Waals surface area contributed by atoms with Gasteiger partial charge in [0.1, 0.15) is 18.3 Å². The Labute approximate surface area is 213 Å². The number of amides is 2. The van der Waals surface area contributed by atoms with Gasteiger partial charge in [0, 0.05) is 12.6 Å². The maximum absolute atomic E-state index is 13.6. The first kappa shape index (κ1) is 28.5. The number of carbonyl (C=O) groups excluding carboxylic acids is 2. The number of halogens is 1. The fourth-order valence-electron chi connectivity index (χ4n) is 3.56. The van der Waals surface area contributed by atoms with Gasteiger partial charge in [-0.2, -0.15) is 0 Å². The summed E-state index contributed by atoms with van der Waals surface area (Å²) in [5.74, 6) is -0.393. The van der Waals surface area contributed by atoms with Crippen LogP contribution in [-0.2, 0) is 26.2 Å². The van der Waals surface area contributed by atoms with Crippen molar-refractivity contribution in [1.82, 2.24) is 10.2 Å². The summed E-state index contributed by atoms with van der Waals surface area (Å²) < 4.78 is 31.5. The lowest BCUT2D eigenvalue weighted by Crippen LogP contribution is -2.53. The molecule has 10 heteroatoms. The molecule has 1 N–H and O–H groups in total. The van der Waals surface area contributed by atoms with Crippen LogP contribution in [0.2, 0.25) is 5.02 Å². The summed E-state index contributed by atoms with van der Waals surface area (Å²) in [5, 5.41) is 3.16. The molecule has 35 heavy (non-hydrogen) atoms. The number of anilines is 1. The topological polar surface area (TPSA) is 96.0 Å². The van der Waals surface area contributed by atoms with Crippen LogP contribution >= 0.6 is 11.6 Å². The molecule has 2 atom stereocenters. The molecule has 2 aromatic carbocycles. The van der Waals surface area contributed by atoms with Crippen LogP contribution in [0.1, 0.15) is 39.2 Å². The molecule has 0 aliphatic heterocycles. The summed E-state index contributed by atoms with van der Waals surface area (Å²) in [7, 11) is -2.39. The monoisotopic (exact) mass is 523 g/mol. The van der Waals surface area contributed by atoms with Crippen molar-refractivity contribution in [3.8, 4) is 5.75 Å². The summed E-state index contributed by atoms with van der Waals surface area (Å²) in [6.45, 7) is 5.35. The number of carbonyl (C=O) groups is 2. The smallest absolute Gasteiger partial charge is 0.244 e. The third-order valence-electron chi connectivity index (χ3n) is 5.69. The van der Waals surface area contributed by atoms with E-state index in [-0.39, 0.29) is 29.2 Å².